The third-order valence-corrected chi connectivity index (χ3v) is 4.17. The van der Waals surface area contributed by atoms with Crippen LogP contribution in [0.2, 0.25) is 0 Å². The first-order valence-electron chi connectivity index (χ1n) is 7.01. The zero-order valence-electron chi connectivity index (χ0n) is 11.1. The van der Waals surface area contributed by atoms with Crippen LogP contribution in [0, 0.1) is 18.3 Å². The van der Waals surface area contributed by atoms with Gasteiger partial charge in [-0.1, -0.05) is 24.1 Å². The number of hydrogen-bond acceptors (Lipinski definition) is 0. The summed E-state index contributed by atoms with van der Waals surface area (Å²) in [6.07, 6.45) is 15.3. The Kier molecular flexibility index (Phi) is 4.65. The molecular formula is C18H22. The lowest BCUT2D eigenvalue weighted by Crippen LogP contribution is -2.13. The molecule has 0 aliphatic heterocycles. The van der Waals surface area contributed by atoms with E-state index in [1.165, 1.54) is 44.1 Å². The molecule has 0 atom stereocenters. The summed E-state index contributed by atoms with van der Waals surface area (Å²) in [5, 5.41) is 0. The van der Waals surface area contributed by atoms with E-state index in [0.29, 0.717) is 0 Å². The highest BCUT2D eigenvalue weighted by Crippen LogP contribution is 2.37. The maximum absolute atomic E-state index is 5.38. The van der Waals surface area contributed by atoms with Crippen LogP contribution in [0.25, 0.3) is 0 Å². The molecule has 1 saturated carbocycles. The molecule has 1 aromatic carbocycles. The second-order valence-electron chi connectivity index (χ2n) is 5.35. The summed E-state index contributed by atoms with van der Waals surface area (Å²) >= 11 is 0. The van der Waals surface area contributed by atoms with Gasteiger partial charge in [0.2, 0.25) is 0 Å². The maximum atomic E-state index is 5.38. The van der Waals surface area contributed by atoms with Crippen molar-refractivity contribution in [2.75, 3.05) is 0 Å². The molecule has 0 saturated heterocycles. The Morgan fingerprint density at radius 2 is 1.83 bits per heavy atom. The summed E-state index contributed by atoms with van der Waals surface area (Å²) in [5.74, 6) is 4.35. The molecule has 94 valence electrons. The van der Waals surface area contributed by atoms with Crippen molar-refractivity contribution in [2.45, 2.75) is 44.4 Å². The maximum Gasteiger partial charge on any atom is 0.0242 e. The van der Waals surface area contributed by atoms with E-state index >= 15 is 0 Å². The van der Waals surface area contributed by atoms with Crippen LogP contribution in [0.3, 0.4) is 0 Å². The fourth-order valence-electron chi connectivity index (χ4n) is 2.99. The second-order valence-corrected chi connectivity index (χ2v) is 5.35. The average molecular weight is 238 g/mol. The van der Waals surface area contributed by atoms with E-state index in [1.54, 1.807) is 0 Å². The minimum atomic E-state index is 0.747. The Balaban J connectivity index is 1.88. The largest absolute Gasteiger partial charge is 0.115 e. The lowest BCUT2D eigenvalue weighted by Gasteiger charge is -2.28. The standard InChI is InChI=1S/C18H22/c1-3-5-6-16-9-13-18(14-10-16)17-11-7-15(4-2)8-12-17/h2-3,7-8,11-12,16,18H,1,5-6,9-10,13-14H2/t16-,18-. The van der Waals surface area contributed by atoms with Gasteiger partial charge in [0, 0.05) is 5.56 Å². The highest BCUT2D eigenvalue weighted by Gasteiger charge is 2.21. The van der Waals surface area contributed by atoms with Crippen molar-refractivity contribution in [3.05, 3.63) is 48.0 Å². The summed E-state index contributed by atoms with van der Waals surface area (Å²) < 4.78 is 0. The molecule has 18 heavy (non-hydrogen) atoms. The van der Waals surface area contributed by atoms with Crippen LogP contribution < -0.4 is 0 Å². The summed E-state index contributed by atoms with van der Waals surface area (Å²) in [4.78, 5) is 0. The SMILES string of the molecule is C#Cc1ccc([C@H]2CC[C@H](CCC=C)CC2)cc1. The first-order chi connectivity index (χ1) is 8.83. The summed E-state index contributed by atoms with van der Waals surface area (Å²) in [6.45, 7) is 3.81. The molecule has 0 radical (unpaired) electrons. The van der Waals surface area contributed by atoms with Gasteiger partial charge in [0.15, 0.2) is 0 Å². The number of rotatable bonds is 4. The molecule has 0 unspecified atom stereocenters. The third kappa shape index (κ3) is 3.26. The van der Waals surface area contributed by atoms with Gasteiger partial charge in [-0.05, 0) is 68.1 Å². The van der Waals surface area contributed by atoms with Crippen LogP contribution in [0.1, 0.15) is 55.6 Å². The monoisotopic (exact) mass is 238 g/mol. The van der Waals surface area contributed by atoms with E-state index in [1.807, 2.05) is 6.08 Å². The highest BCUT2D eigenvalue weighted by molar-refractivity contribution is 5.35. The molecule has 0 nitrogen and oxygen atoms in total. The summed E-state index contributed by atoms with van der Waals surface area (Å²) in [6, 6.07) is 8.56. The molecule has 1 aliphatic carbocycles. The van der Waals surface area contributed by atoms with Gasteiger partial charge >= 0.3 is 0 Å². The fraction of sp³-hybridized carbons (Fsp3) is 0.444. The third-order valence-electron chi connectivity index (χ3n) is 4.17. The van der Waals surface area contributed by atoms with Gasteiger partial charge in [0.1, 0.15) is 0 Å². The van der Waals surface area contributed by atoms with Crippen molar-refractivity contribution >= 4 is 0 Å². The first-order valence-corrected chi connectivity index (χ1v) is 7.01. The first kappa shape index (κ1) is 13.0. The highest BCUT2D eigenvalue weighted by atomic mass is 14.3. The van der Waals surface area contributed by atoms with Crippen LogP contribution >= 0.6 is 0 Å². The molecule has 1 fully saturated rings. The molecule has 0 spiro atoms. The zero-order chi connectivity index (χ0) is 12.8. The van der Waals surface area contributed by atoms with Crippen LogP contribution in [-0.2, 0) is 0 Å². The van der Waals surface area contributed by atoms with E-state index in [9.17, 15) is 0 Å². The smallest absolute Gasteiger partial charge is 0.0242 e. The molecule has 1 aromatic rings. The van der Waals surface area contributed by atoms with Crippen LogP contribution in [0.5, 0.6) is 0 Å². The van der Waals surface area contributed by atoms with Gasteiger partial charge in [0.05, 0.1) is 0 Å². The Morgan fingerprint density at radius 1 is 1.17 bits per heavy atom. The lowest BCUT2D eigenvalue weighted by molar-refractivity contribution is 0.312. The van der Waals surface area contributed by atoms with E-state index in [4.69, 9.17) is 6.42 Å². The fourth-order valence-corrected chi connectivity index (χ4v) is 2.99. The van der Waals surface area contributed by atoms with Gasteiger partial charge in [-0.15, -0.1) is 13.0 Å². The average Bonchev–Trinajstić information content (AvgIpc) is 2.46. The molecule has 0 bridgehead atoms. The van der Waals surface area contributed by atoms with Crippen molar-refractivity contribution in [3.63, 3.8) is 0 Å². The Hall–Kier alpha value is -1.48. The summed E-state index contributed by atoms with van der Waals surface area (Å²) in [7, 11) is 0. The van der Waals surface area contributed by atoms with Gasteiger partial charge in [-0.3, -0.25) is 0 Å². The van der Waals surface area contributed by atoms with Crippen LogP contribution in [-0.4, -0.2) is 0 Å². The lowest BCUT2D eigenvalue weighted by atomic mass is 9.77. The Bertz CT molecular complexity index is 410. The predicted molar refractivity (Wildman–Crippen MR) is 78.5 cm³/mol. The van der Waals surface area contributed by atoms with Crippen molar-refractivity contribution in [3.8, 4) is 12.3 Å². The van der Waals surface area contributed by atoms with Gasteiger partial charge in [-0.2, -0.15) is 0 Å². The molecule has 2 rings (SSSR count). The number of allylic oxidation sites excluding steroid dienone is 1. The van der Waals surface area contributed by atoms with E-state index in [2.05, 4.69) is 36.8 Å². The summed E-state index contributed by atoms with van der Waals surface area (Å²) in [5.41, 5.74) is 2.45. The van der Waals surface area contributed by atoms with Gasteiger partial charge in [0.25, 0.3) is 0 Å². The topological polar surface area (TPSA) is 0 Å². The molecule has 0 aromatic heterocycles. The van der Waals surface area contributed by atoms with E-state index in [-0.39, 0.29) is 0 Å². The normalized spacial score (nSPS) is 23.3. The van der Waals surface area contributed by atoms with E-state index < -0.39 is 0 Å². The number of hydrogen-bond donors (Lipinski definition) is 0. The van der Waals surface area contributed by atoms with Crippen molar-refractivity contribution in [1.82, 2.24) is 0 Å². The van der Waals surface area contributed by atoms with Crippen molar-refractivity contribution in [2.24, 2.45) is 5.92 Å². The predicted octanol–water partition coefficient (Wildman–Crippen LogP) is 4.91. The minimum Gasteiger partial charge on any atom is -0.115 e. The quantitative estimate of drug-likeness (QED) is 0.516. The molecule has 0 amide bonds. The molecule has 0 N–H and O–H groups in total. The molecule has 0 heteroatoms. The molecule has 1 aliphatic rings. The Labute approximate surface area is 111 Å². The van der Waals surface area contributed by atoms with Crippen molar-refractivity contribution in [1.29, 1.82) is 0 Å². The molecular weight excluding hydrogens is 216 g/mol. The van der Waals surface area contributed by atoms with E-state index in [0.717, 1.165) is 17.4 Å². The van der Waals surface area contributed by atoms with Crippen LogP contribution in [0.15, 0.2) is 36.9 Å². The van der Waals surface area contributed by atoms with Crippen LogP contribution in [0.4, 0.5) is 0 Å². The number of benzene rings is 1. The zero-order valence-corrected chi connectivity index (χ0v) is 11.1. The minimum absolute atomic E-state index is 0.747. The number of terminal acetylenes is 1. The second kappa shape index (κ2) is 6.45. The molecule has 0 heterocycles. The van der Waals surface area contributed by atoms with Gasteiger partial charge in [-0.25, -0.2) is 0 Å². The van der Waals surface area contributed by atoms with Crippen molar-refractivity contribution < 1.29 is 0 Å². The van der Waals surface area contributed by atoms with Gasteiger partial charge < -0.3 is 0 Å². The Morgan fingerprint density at radius 3 is 2.39 bits per heavy atom.